The van der Waals surface area contributed by atoms with Crippen molar-refractivity contribution in [1.29, 1.82) is 0 Å². The number of anilines is 1. The molecule has 4 aromatic rings. The van der Waals surface area contributed by atoms with Crippen LogP contribution >= 0.6 is 28.1 Å². The Labute approximate surface area is 169 Å². The summed E-state index contributed by atoms with van der Waals surface area (Å²) in [6.45, 7) is 2.39. The average Bonchev–Trinajstić information content (AvgIpc) is 3.24. The zero-order valence-corrected chi connectivity index (χ0v) is 16.9. The first kappa shape index (κ1) is 17.7. The van der Waals surface area contributed by atoms with E-state index in [-0.39, 0.29) is 0 Å². The van der Waals surface area contributed by atoms with Gasteiger partial charge in [-0.1, -0.05) is 34.1 Å². The second-order valence-corrected chi connectivity index (χ2v) is 7.17. The first-order chi connectivity index (χ1) is 13.1. The molecule has 0 saturated heterocycles. The molecule has 0 amide bonds. The lowest BCUT2D eigenvalue weighted by molar-refractivity contribution is 0.522. The summed E-state index contributed by atoms with van der Waals surface area (Å²) in [5, 5.41) is 12.2. The van der Waals surface area contributed by atoms with E-state index < -0.39 is 0 Å². The molecule has 0 aliphatic carbocycles. The largest absolute Gasteiger partial charge is 0.409 e. The van der Waals surface area contributed by atoms with Crippen molar-refractivity contribution in [3.8, 4) is 17.1 Å². The van der Waals surface area contributed by atoms with E-state index >= 15 is 0 Å². The van der Waals surface area contributed by atoms with Crippen molar-refractivity contribution in [3.63, 3.8) is 0 Å². The van der Waals surface area contributed by atoms with E-state index in [4.69, 9.17) is 16.6 Å². The van der Waals surface area contributed by atoms with Crippen molar-refractivity contribution < 1.29 is 4.42 Å². The van der Waals surface area contributed by atoms with Gasteiger partial charge in [-0.15, -0.1) is 5.10 Å². The molecule has 0 spiro atoms. The molecule has 4 rings (SSSR count). The third kappa shape index (κ3) is 3.72. The van der Waals surface area contributed by atoms with Crippen LogP contribution in [0.5, 0.6) is 0 Å². The van der Waals surface area contributed by atoms with Crippen molar-refractivity contribution in [2.45, 2.75) is 13.6 Å². The Morgan fingerprint density at radius 3 is 2.59 bits per heavy atom. The van der Waals surface area contributed by atoms with Gasteiger partial charge in [0.05, 0.1) is 23.1 Å². The van der Waals surface area contributed by atoms with Crippen molar-refractivity contribution in [3.05, 3.63) is 75.8 Å². The van der Waals surface area contributed by atoms with Crippen LogP contribution < -0.4 is 5.32 Å². The summed E-state index contributed by atoms with van der Waals surface area (Å²) in [5.74, 6) is 0.456. The summed E-state index contributed by atoms with van der Waals surface area (Å²) in [6.07, 6.45) is 1.75. The average molecular weight is 442 g/mol. The van der Waals surface area contributed by atoms with Crippen LogP contribution in [0.25, 0.3) is 17.1 Å². The van der Waals surface area contributed by atoms with Gasteiger partial charge in [-0.3, -0.25) is 0 Å². The molecule has 0 unspecified atom stereocenters. The second kappa shape index (κ2) is 7.50. The predicted molar refractivity (Wildman–Crippen MR) is 110 cm³/mol. The highest BCUT2D eigenvalue weighted by molar-refractivity contribution is 9.10. The van der Waals surface area contributed by atoms with Crippen LogP contribution in [-0.2, 0) is 6.67 Å². The lowest BCUT2D eigenvalue weighted by Gasteiger charge is -2.05. The van der Waals surface area contributed by atoms with E-state index in [9.17, 15) is 0 Å². The molecular weight excluding hydrogens is 426 g/mol. The fourth-order valence-corrected chi connectivity index (χ4v) is 3.15. The van der Waals surface area contributed by atoms with Crippen LogP contribution in [0.3, 0.4) is 0 Å². The predicted octanol–water partition coefficient (Wildman–Crippen LogP) is 5.20. The van der Waals surface area contributed by atoms with E-state index in [0.29, 0.717) is 17.4 Å². The number of nitrogens with one attached hydrogen (secondary N) is 1. The second-order valence-electron chi connectivity index (χ2n) is 5.91. The van der Waals surface area contributed by atoms with Gasteiger partial charge in [-0.2, -0.15) is 5.10 Å². The molecule has 0 aliphatic rings. The van der Waals surface area contributed by atoms with E-state index in [2.05, 4.69) is 31.4 Å². The van der Waals surface area contributed by atoms with E-state index in [1.807, 2.05) is 66.2 Å². The fraction of sp³-hybridized carbons (Fsp3) is 0.105. The van der Waals surface area contributed by atoms with Gasteiger partial charge in [0, 0.05) is 10.2 Å². The van der Waals surface area contributed by atoms with Gasteiger partial charge in [0.15, 0.2) is 0 Å². The number of hydrogen-bond donors (Lipinski definition) is 1. The lowest BCUT2D eigenvalue weighted by atomic mass is 10.2. The number of para-hydroxylation sites is 1. The summed E-state index contributed by atoms with van der Waals surface area (Å²) in [7, 11) is 0. The molecule has 27 heavy (non-hydrogen) atoms. The summed E-state index contributed by atoms with van der Waals surface area (Å²) in [5.41, 5.74) is 3.70. The van der Waals surface area contributed by atoms with Crippen LogP contribution in [0.4, 0.5) is 5.69 Å². The van der Waals surface area contributed by atoms with Crippen LogP contribution in [0.2, 0.25) is 0 Å². The first-order valence-electron chi connectivity index (χ1n) is 8.29. The van der Waals surface area contributed by atoms with Crippen LogP contribution in [0, 0.1) is 11.8 Å². The topological polar surface area (TPSA) is 60.8 Å². The SMILES string of the molecule is Cc1c(-c2nn(CNc3ccc(Br)cc3)c(=S)o2)cnn1-c1ccccc1. The van der Waals surface area contributed by atoms with Crippen LogP contribution in [0.15, 0.2) is 69.7 Å². The Hall–Kier alpha value is -2.71. The molecule has 136 valence electrons. The summed E-state index contributed by atoms with van der Waals surface area (Å²) in [6, 6.07) is 17.8. The highest BCUT2D eigenvalue weighted by Gasteiger charge is 2.16. The van der Waals surface area contributed by atoms with Crippen molar-refractivity contribution >= 4 is 33.8 Å². The Morgan fingerprint density at radius 1 is 1.11 bits per heavy atom. The lowest BCUT2D eigenvalue weighted by Crippen LogP contribution is -2.09. The minimum Gasteiger partial charge on any atom is -0.409 e. The van der Waals surface area contributed by atoms with Crippen molar-refractivity contribution in [2.24, 2.45) is 0 Å². The smallest absolute Gasteiger partial charge is 0.289 e. The minimum absolute atomic E-state index is 0.307. The van der Waals surface area contributed by atoms with Gasteiger partial charge < -0.3 is 9.73 Å². The number of nitrogens with zero attached hydrogens (tertiary/aromatic N) is 4. The first-order valence-corrected chi connectivity index (χ1v) is 9.50. The van der Waals surface area contributed by atoms with Crippen LogP contribution in [0.1, 0.15) is 5.69 Å². The molecule has 0 atom stereocenters. The third-order valence-corrected chi connectivity index (χ3v) is 4.95. The molecular formula is C19H16BrN5OS. The van der Waals surface area contributed by atoms with E-state index in [1.54, 1.807) is 10.9 Å². The molecule has 0 radical (unpaired) electrons. The van der Waals surface area contributed by atoms with Gasteiger partial charge in [0.1, 0.15) is 6.67 Å². The number of hydrogen-bond acceptors (Lipinski definition) is 5. The molecule has 0 bridgehead atoms. The van der Waals surface area contributed by atoms with Crippen molar-refractivity contribution in [1.82, 2.24) is 19.6 Å². The Bertz CT molecular complexity index is 1120. The number of benzene rings is 2. The molecule has 2 heterocycles. The number of halogens is 1. The van der Waals surface area contributed by atoms with Gasteiger partial charge >= 0.3 is 0 Å². The maximum atomic E-state index is 5.70. The van der Waals surface area contributed by atoms with Crippen molar-refractivity contribution in [2.75, 3.05) is 5.32 Å². The molecule has 0 saturated carbocycles. The molecule has 1 N–H and O–H groups in total. The molecule has 8 heteroatoms. The molecule has 2 aromatic heterocycles. The highest BCUT2D eigenvalue weighted by atomic mass is 79.9. The minimum atomic E-state index is 0.307. The van der Waals surface area contributed by atoms with E-state index in [0.717, 1.165) is 27.1 Å². The summed E-state index contributed by atoms with van der Waals surface area (Å²) >= 11 is 8.73. The third-order valence-electron chi connectivity index (χ3n) is 4.12. The standard InChI is InChI=1S/C19H16BrN5OS/c1-13-17(11-22-25(13)16-5-3-2-4-6-16)18-23-24(19(27)26-18)12-21-15-9-7-14(20)8-10-15/h2-11,21H,12H2,1H3. The molecule has 6 nitrogen and oxygen atoms in total. The quantitative estimate of drug-likeness (QED) is 0.431. The van der Waals surface area contributed by atoms with Gasteiger partial charge in [0.25, 0.3) is 4.84 Å². The Balaban J connectivity index is 1.57. The normalized spacial score (nSPS) is 10.9. The van der Waals surface area contributed by atoms with Gasteiger partial charge in [-0.05, 0) is 55.5 Å². The zero-order valence-electron chi connectivity index (χ0n) is 14.5. The molecule has 0 fully saturated rings. The number of rotatable bonds is 5. The molecule has 0 aliphatic heterocycles. The Kier molecular flexibility index (Phi) is 4.91. The fourth-order valence-electron chi connectivity index (χ4n) is 2.70. The maximum absolute atomic E-state index is 5.70. The van der Waals surface area contributed by atoms with E-state index in [1.165, 1.54) is 0 Å². The Morgan fingerprint density at radius 2 is 1.85 bits per heavy atom. The summed E-state index contributed by atoms with van der Waals surface area (Å²) in [4.78, 5) is 0.307. The zero-order chi connectivity index (χ0) is 18.8. The van der Waals surface area contributed by atoms with Gasteiger partial charge in [-0.25, -0.2) is 9.36 Å². The summed E-state index contributed by atoms with van der Waals surface area (Å²) < 4.78 is 10.2. The van der Waals surface area contributed by atoms with Gasteiger partial charge in [0.2, 0.25) is 5.89 Å². The molecule has 2 aromatic carbocycles. The number of aromatic nitrogens is 4. The van der Waals surface area contributed by atoms with Crippen LogP contribution in [-0.4, -0.2) is 19.6 Å². The monoisotopic (exact) mass is 441 g/mol. The highest BCUT2D eigenvalue weighted by Crippen LogP contribution is 2.24. The maximum Gasteiger partial charge on any atom is 0.289 e.